The molecule has 2 N–H and O–H groups in total. The van der Waals surface area contributed by atoms with Crippen LogP contribution < -0.4 is 9.47 Å². The van der Waals surface area contributed by atoms with E-state index in [-0.39, 0.29) is 12.0 Å². The third-order valence-electron chi connectivity index (χ3n) is 3.31. The molecule has 0 heterocycles. The van der Waals surface area contributed by atoms with E-state index in [1.807, 2.05) is 36.4 Å². The van der Waals surface area contributed by atoms with Crippen molar-refractivity contribution in [1.82, 2.24) is 0 Å². The van der Waals surface area contributed by atoms with Gasteiger partial charge in [-0.15, -0.1) is 0 Å². The van der Waals surface area contributed by atoms with Gasteiger partial charge in [0.15, 0.2) is 0 Å². The lowest BCUT2D eigenvalue weighted by Gasteiger charge is -2.24. The summed E-state index contributed by atoms with van der Waals surface area (Å²) in [4.78, 5) is 10.9. The van der Waals surface area contributed by atoms with Crippen molar-refractivity contribution in [3.05, 3.63) is 72.3 Å². The van der Waals surface area contributed by atoms with E-state index in [9.17, 15) is 9.90 Å². The molecule has 0 aliphatic rings. The fourth-order valence-corrected chi connectivity index (χ4v) is 1.94. The van der Waals surface area contributed by atoms with Crippen LogP contribution in [0, 0.1) is 0 Å². The summed E-state index contributed by atoms with van der Waals surface area (Å²) in [5, 5.41) is 19.3. The van der Waals surface area contributed by atoms with Gasteiger partial charge in [-0.2, -0.15) is 0 Å². The molecule has 0 spiro atoms. The molecule has 0 amide bonds. The number of aliphatic hydroxyl groups excluding tert-OH is 1. The van der Waals surface area contributed by atoms with Crippen LogP contribution in [-0.4, -0.2) is 28.6 Å². The number of ether oxygens (including phenoxy) is 2. The highest BCUT2D eigenvalue weighted by Crippen LogP contribution is 2.19. The minimum atomic E-state index is -1.03. The quantitative estimate of drug-likeness (QED) is 0.575. The number of aliphatic carboxylic acids is 1. The topological polar surface area (TPSA) is 76.0 Å². The van der Waals surface area contributed by atoms with Crippen molar-refractivity contribution in [3.63, 3.8) is 0 Å². The van der Waals surface area contributed by atoms with Gasteiger partial charge >= 0.3 is 5.97 Å². The minimum absolute atomic E-state index is 0.0997. The second kappa shape index (κ2) is 8.74. The van der Waals surface area contributed by atoms with E-state index in [2.05, 4.69) is 0 Å². The van der Waals surface area contributed by atoms with Crippen molar-refractivity contribution in [2.24, 2.45) is 0 Å². The van der Waals surface area contributed by atoms with Crippen LogP contribution in [0.2, 0.25) is 0 Å². The van der Waals surface area contributed by atoms with Crippen LogP contribution in [0.25, 0.3) is 0 Å². The lowest BCUT2D eigenvalue weighted by molar-refractivity contribution is -0.132. The third kappa shape index (κ3) is 5.44. The average Bonchev–Trinajstić information content (AvgIpc) is 2.60. The Labute approximate surface area is 140 Å². The summed E-state index contributed by atoms with van der Waals surface area (Å²) in [6.45, 7) is 1.47. The zero-order chi connectivity index (χ0) is 17.4. The summed E-state index contributed by atoms with van der Waals surface area (Å²) in [6, 6.07) is 18.0. The van der Waals surface area contributed by atoms with Crippen LogP contribution in [0.3, 0.4) is 0 Å². The monoisotopic (exact) mass is 328 g/mol. The molecule has 0 aliphatic heterocycles. The number of para-hydroxylation sites is 2. The van der Waals surface area contributed by atoms with Gasteiger partial charge in [0.05, 0.1) is 0 Å². The smallest absolute Gasteiger partial charge is 0.330 e. The van der Waals surface area contributed by atoms with E-state index in [0.29, 0.717) is 11.5 Å². The van der Waals surface area contributed by atoms with Crippen LogP contribution in [-0.2, 0) is 4.79 Å². The minimum Gasteiger partial charge on any atom is -0.478 e. The molecule has 5 heteroatoms. The number of carbonyl (C=O) groups is 1. The zero-order valence-corrected chi connectivity index (χ0v) is 13.3. The van der Waals surface area contributed by atoms with Gasteiger partial charge in [0.2, 0.25) is 0 Å². The van der Waals surface area contributed by atoms with Crippen molar-refractivity contribution in [1.29, 1.82) is 0 Å². The summed E-state index contributed by atoms with van der Waals surface area (Å²) >= 11 is 0. The summed E-state index contributed by atoms with van der Waals surface area (Å²) in [5.41, 5.74) is 0.159. The molecule has 2 rings (SSSR count). The molecule has 0 saturated heterocycles. The Morgan fingerprint density at radius 2 is 1.46 bits per heavy atom. The van der Waals surface area contributed by atoms with Crippen LogP contribution in [0.4, 0.5) is 0 Å². The van der Waals surface area contributed by atoms with Crippen LogP contribution >= 0.6 is 0 Å². The van der Waals surface area contributed by atoms with Gasteiger partial charge in [0.1, 0.15) is 17.6 Å². The Morgan fingerprint density at radius 1 is 1.00 bits per heavy atom. The predicted molar refractivity (Wildman–Crippen MR) is 89.9 cm³/mol. The van der Waals surface area contributed by atoms with Gasteiger partial charge in [0, 0.05) is 5.57 Å². The molecule has 126 valence electrons. The molecule has 5 nitrogen and oxygen atoms in total. The van der Waals surface area contributed by atoms with E-state index in [0.717, 1.165) is 0 Å². The Hall–Kier alpha value is -2.79. The first kappa shape index (κ1) is 17.6. The highest BCUT2D eigenvalue weighted by molar-refractivity contribution is 5.85. The molecule has 0 saturated carbocycles. The Kier molecular flexibility index (Phi) is 6.40. The van der Waals surface area contributed by atoms with Crippen LogP contribution in [0.15, 0.2) is 72.3 Å². The fourth-order valence-electron chi connectivity index (χ4n) is 1.94. The first-order chi connectivity index (χ1) is 11.6. The Bertz CT molecular complexity index is 625. The SMILES string of the molecule is CC(=CCC(O)C(Oc1ccccc1)Oc1ccccc1)C(=O)O. The van der Waals surface area contributed by atoms with Gasteiger partial charge in [-0.1, -0.05) is 42.5 Å². The molecule has 0 bridgehead atoms. The average molecular weight is 328 g/mol. The largest absolute Gasteiger partial charge is 0.478 e. The second-order valence-electron chi connectivity index (χ2n) is 5.23. The molecular formula is C19H20O5. The molecule has 1 unspecified atom stereocenters. The molecular weight excluding hydrogens is 308 g/mol. The lowest BCUT2D eigenvalue weighted by Crippen LogP contribution is -2.37. The zero-order valence-electron chi connectivity index (χ0n) is 13.3. The van der Waals surface area contributed by atoms with Gasteiger partial charge in [-0.25, -0.2) is 4.79 Å². The second-order valence-corrected chi connectivity index (χ2v) is 5.23. The first-order valence-corrected chi connectivity index (χ1v) is 7.58. The van der Waals surface area contributed by atoms with Crippen LogP contribution in [0.1, 0.15) is 13.3 Å². The number of benzene rings is 2. The van der Waals surface area contributed by atoms with E-state index < -0.39 is 18.4 Å². The van der Waals surface area contributed by atoms with E-state index in [4.69, 9.17) is 14.6 Å². The predicted octanol–water partition coefficient (Wildman–Crippen LogP) is 3.25. The van der Waals surface area contributed by atoms with E-state index in [1.165, 1.54) is 13.0 Å². The normalized spacial score (nSPS) is 12.7. The first-order valence-electron chi connectivity index (χ1n) is 7.58. The van der Waals surface area contributed by atoms with Gasteiger partial charge < -0.3 is 19.7 Å². The Morgan fingerprint density at radius 3 is 1.88 bits per heavy atom. The summed E-state index contributed by atoms with van der Waals surface area (Å²) < 4.78 is 11.4. The summed E-state index contributed by atoms with van der Waals surface area (Å²) in [5.74, 6) is 0.0829. The lowest BCUT2D eigenvalue weighted by atomic mass is 10.1. The maximum absolute atomic E-state index is 10.9. The molecule has 1 atom stereocenters. The maximum atomic E-state index is 10.9. The number of carboxylic acid groups (broad SMARTS) is 1. The summed E-state index contributed by atoms with van der Waals surface area (Å²) in [6.07, 6.45) is -0.446. The molecule has 0 aromatic heterocycles. The number of rotatable bonds is 8. The standard InChI is InChI=1S/C19H20O5/c1-14(18(21)22)12-13-17(20)19(23-15-8-4-2-5-9-15)24-16-10-6-3-7-11-16/h2-12,17,19-20H,13H2,1H3,(H,21,22). The van der Waals surface area contributed by atoms with Crippen molar-refractivity contribution < 1.29 is 24.5 Å². The Balaban J connectivity index is 2.12. The molecule has 0 aliphatic carbocycles. The van der Waals surface area contributed by atoms with Gasteiger partial charge in [-0.05, 0) is 37.6 Å². The van der Waals surface area contributed by atoms with Gasteiger partial charge in [0.25, 0.3) is 6.29 Å². The fraction of sp³-hybridized carbons (Fsp3) is 0.211. The number of aliphatic hydroxyl groups is 1. The van der Waals surface area contributed by atoms with Crippen molar-refractivity contribution >= 4 is 5.97 Å². The third-order valence-corrected chi connectivity index (χ3v) is 3.31. The maximum Gasteiger partial charge on any atom is 0.330 e. The van der Waals surface area contributed by atoms with Crippen molar-refractivity contribution in [3.8, 4) is 11.5 Å². The summed E-state index contributed by atoms with van der Waals surface area (Å²) in [7, 11) is 0. The van der Waals surface area contributed by atoms with Crippen LogP contribution in [0.5, 0.6) is 11.5 Å². The molecule has 24 heavy (non-hydrogen) atoms. The van der Waals surface area contributed by atoms with Gasteiger partial charge in [-0.3, -0.25) is 0 Å². The molecule has 2 aromatic rings. The number of hydrogen-bond acceptors (Lipinski definition) is 4. The highest BCUT2D eigenvalue weighted by atomic mass is 16.7. The molecule has 2 aromatic carbocycles. The van der Waals surface area contributed by atoms with E-state index in [1.54, 1.807) is 24.3 Å². The number of carboxylic acids is 1. The van der Waals surface area contributed by atoms with Crippen molar-refractivity contribution in [2.75, 3.05) is 0 Å². The van der Waals surface area contributed by atoms with E-state index >= 15 is 0 Å². The highest BCUT2D eigenvalue weighted by Gasteiger charge is 2.22. The molecule has 0 radical (unpaired) electrons. The molecule has 0 fully saturated rings. The van der Waals surface area contributed by atoms with Crippen molar-refractivity contribution in [2.45, 2.75) is 25.7 Å². The number of hydrogen-bond donors (Lipinski definition) is 2.